The summed E-state index contributed by atoms with van der Waals surface area (Å²) in [5.74, 6) is -0.608. The summed E-state index contributed by atoms with van der Waals surface area (Å²) in [5.41, 5.74) is 10.6. The number of hydrogen-bond donors (Lipinski definition) is 5. The zero-order valence-electron chi connectivity index (χ0n) is 14.7. The van der Waals surface area contributed by atoms with Crippen LogP contribution in [0.15, 0.2) is 12.3 Å². The van der Waals surface area contributed by atoms with Crippen molar-refractivity contribution in [1.82, 2.24) is 14.5 Å². The Morgan fingerprint density at radius 3 is 2.78 bits per heavy atom. The SMILES string of the molecule is COC(=O)C=Cc1cn([C@@H]2O[C@H](CO)[C@@H](O)[C@@]2(C)O)c2nc(N)nc(N)c12. The van der Waals surface area contributed by atoms with Crippen LogP contribution in [0.1, 0.15) is 18.7 Å². The fourth-order valence-corrected chi connectivity index (χ4v) is 3.14. The van der Waals surface area contributed by atoms with Crippen molar-refractivity contribution in [3.8, 4) is 0 Å². The fourth-order valence-electron chi connectivity index (χ4n) is 3.14. The van der Waals surface area contributed by atoms with Crippen molar-refractivity contribution in [2.75, 3.05) is 25.2 Å². The van der Waals surface area contributed by atoms with Crippen LogP contribution < -0.4 is 11.5 Å². The average Bonchev–Trinajstić information content (AvgIpc) is 3.08. The third kappa shape index (κ3) is 3.10. The molecule has 2 aromatic rings. The minimum Gasteiger partial charge on any atom is -0.466 e. The Morgan fingerprint density at radius 1 is 1.48 bits per heavy atom. The average molecular weight is 379 g/mol. The van der Waals surface area contributed by atoms with Crippen molar-refractivity contribution in [2.45, 2.75) is 31.0 Å². The number of nitrogens with two attached hydrogens (primary N) is 2. The summed E-state index contributed by atoms with van der Waals surface area (Å²) in [6, 6.07) is 0. The van der Waals surface area contributed by atoms with E-state index in [-0.39, 0.29) is 17.4 Å². The molecule has 11 heteroatoms. The molecule has 0 saturated carbocycles. The molecule has 0 aliphatic carbocycles. The number of nitrogen functional groups attached to an aromatic ring is 2. The monoisotopic (exact) mass is 379 g/mol. The fraction of sp³-hybridized carbons (Fsp3) is 0.438. The highest BCUT2D eigenvalue weighted by atomic mass is 16.6. The smallest absolute Gasteiger partial charge is 0.330 e. The largest absolute Gasteiger partial charge is 0.466 e. The number of fused-ring (bicyclic) bond motifs is 1. The first-order chi connectivity index (χ1) is 12.7. The lowest BCUT2D eigenvalue weighted by molar-refractivity contribution is -0.134. The number of hydrogen-bond acceptors (Lipinski definition) is 10. The Morgan fingerprint density at radius 2 is 2.19 bits per heavy atom. The molecule has 27 heavy (non-hydrogen) atoms. The van der Waals surface area contributed by atoms with Gasteiger partial charge in [0.1, 0.15) is 23.6 Å². The number of aliphatic hydroxyl groups excluding tert-OH is 2. The van der Waals surface area contributed by atoms with Crippen molar-refractivity contribution in [3.63, 3.8) is 0 Å². The van der Waals surface area contributed by atoms with Gasteiger partial charge >= 0.3 is 5.97 Å². The van der Waals surface area contributed by atoms with Gasteiger partial charge in [0.25, 0.3) is 0 Å². The van der Waals surface area contributed by atoms with Gasteiger partial charge in [-0.25, -0.2) is 4.79 Å². The molecule has 1 fully saturated rings. The van der Waals surface area contributed by atoms with Gasteiger partial charge < -0.3 is 40.8 Å². The summed E-state index contributed by atoms with van der Waals surface area (Å²) in [7, 11) is 1.24. The van der Waals surface area contributed by atoms with Crippen LogP contribution in [0.4, 0.5) is 11.8 Å². The molecule has 0 radical (unpaired) electrons. The standard InChI is InChI=1S/C16H21N5O6/c1-16(25)11(24)8(6-22)27-14(16)21-5-7(3-4-9(23)26-2)10-12(17)19-15(18)20-13(10)21/h3-5,8,11,14,22,24-25H,6H2,1-2H3,(H4,17,18,19,20)/t8-,11-,14-,16-/m1/s1. The topological polar surface area (TPSA) is 179 Å². The normalized spacial score (nSPS) is 28.3. The van der Waals surface area contributed by atoms with Gasteiger partial charge in [-0.3, -0.25) is 0 Å². The Balaban J connectivity index is 2.19. The Kier molecular flexibility index (Phi) is 4.78. The number of aliphatic hydroxyl groups is 3. The number of anilines is 2. The quantitative estimate of drug-likeness (QED) is 0.319. The van der Waals surface area contributed by atoms with E-state index >= 15 is 0 Å². The summed E-state index contributed by atoms with van der Waals surface area (Å²) in [4.78, 5) is 19.5. The van der Waals surface area contributed by atoms with Crippen LogP contribution in [0.3, 0.4) is 0 Å². The van der Waals surface area contributed by atoms with Gasteiger partial charge in [-0.2, -0.15) is 9.97 Å². The predicted octanol–water partition coefficient (Wildman–Crippen LogP) is -1.22. The molecule has 3 heterocycles. The number of esters is 1. The summed E-state index contributed by atoms with van der Waals surface area (Å²) < 4.78 is 11.6. The molecule has 1 aliphatic rings. The van der Waals surface area contributed by atoms with Gasteiger partial charge in [0.2, 0.25) is 5.95 Å². The number of rotatable bonds is 4. The lowest BCUT2D eigenvalue weighted by Gasteiger charge is -2.27. The highest BCUT2D eigenvalue weighted by Gasteiger charge is 2.53. The third-order valence-electron chi connectivity index (χ3n) is 4.53. The first kappa shape index (κ1) is 19.0. The maximum atomic E-state index is 11.4. The Hall–Kier alpha value is -2.73. The second-order valence-corrected chi connectivity index (χ2v) is 6.39. The van der Waals surface area contributed by atoms with E-state index in [1.165, 1.54) is 36.9 Å². The van der Waals surface area contributed by atoms with E-state index in [2.05, 4.69) is 14.7 Å². The van der Waals surface area contributed by atoms with Crippen LogP contribution in [0.2, 0.25) is 0 Å². The van der Waals surface area contributed by atoms with E-state index in [1.807, 2.05) is 0 Å². The molecule has 0 bridgehead atoms. The van der Waals surface area contributed by atoms with Crippen LogP contribution in [-0.2, 0) is 14.3 Å². The molecule has 3 rings (SSSR count). The predicted molar refractivity (Wildman–Crippen MR) is 95.0 cm³/mol. The number of methoxy groups -OCH3 is 1. The van der Waals surface area contributed by atoms with E-state index in [9.17, 15) is 20.1 Å². The summed E-state index contributed by atoms with van der Waals surface area (Å²) in [5, 5.41) is 30.7. The molecule has 146 valence electrons. The van der Waals surface area contributed by atoms with Crippen LogP contribution in [-0.4, -0.2) is 67.3 Å². The van der Waals surface area contributed by atoms with Crippen molar-refractivity contribution in [3.05, 3.63) is 17.8 Å². The molecule has 0 aromatic carbocycles. The van der Waals surface area contributed by atoms with Crippen LogP contribution in [0.25, 0.3) is 17.1 Å². The van der Waals surface area contributed by atoms with E-state index in [0.717, 1.165) is 0 Å². The Bertz CT molecular complexity index is 908. The van der Waals surface area contributed by atoms with Gasteiger partial charge in [-0.15, -0.1) is 0 Å². The highest BCUT2D eigenvalue weighted by Crippen LogP contribution is 2.41. The lowest BCUT2D eigenvalue weighted by Crippen LogP contribution is -2.44. The van der Waals surface area contributed by atoms with E-state index in [1.54, 1.807) is 0 Å². The number of nitrogens with zero attached hydrogens (tertiary/aromatic N) is 3. The molecular formula is C16H21N5O6. The first-order valence-electron chi connectivity index (χ1n) is 8.07. The number of carbonyl (C=O) groups is 1. The molecule has 0 amide bonds. The van der Waals surface area contributed by atoms with Gasteiger partial charge in [0.15, 0.2) is 11.9 Å². The molecule has 7 N–H and O–H groups in total. The van der Waals surface area contributed by atoms with Gasteiger partial charge in [-0.05, 0) is 13.0 Å². The molecule has 11 nitrogen and oxygen atoms in total. The number of aromatic nitrogens is 3. The highest BCUT2D eigenvalue weighted by molar-refractivity contribution is 5.98. The van der Waals surface area contributed by atoms with Crippen molar-refractivity contribution >= 4 is 34.8 Å². The molecule has 0 unspecified atom stereocenters. The first-order valence-corrected chi connectivity index (χ1v) is 8.07. The molecule has 1 saturated heterocycles. The van der Waals surface area contributed by atoms with Crippen molar-refractivity contribution in [1.29, 1.82) is 0 Å². The summed E-state index contributed by atoms with van der Waals surface area (Å²) in [6.07, 6.45) is 0.739. The van der Waals surface area contributed by atoms with Gasteiger partial charge in [-0.1, -0.05) is 0 Å². The molecule has 1 aliphatic heterocycles. The minimum absolute atomic E-state index is 0.0673. The van der Waals surface area contributed by atoms with Crippen molar-refractivity contribution < 1.29 is 29.6 Å². The van der Waals surface area contributed by atoms with Crippen LogP contribution in [0.5, 0.6) is 0 Å². The molecule has 0 spiro atoms. The van der Waals surface area contributed by atoms with Gasteiger partial charge in [0, 0.05) is 17.8 Å². The zero-order valence-corrected chi connectivity index (χ0v) is 14.7. The molecular weight excluding hydrogens is 358 g/mol. The number of ether oxygens (including phenoxy) is 2. The van der Waals surface area contributed by atoms with Gasteiger partial charge in [0.05, 0.1) is 19.1 Å². The molecule has 2 aromatic heterocycles. The van der Waals surface area contributed by atoms with E-state index in [4.69, 9.17) is 16.2 Å². The van der Waals surface area contributed by atoms with Crippen LogP contribution in [0, 0.1) is 0 Å². The lowest BCUT2D eigenvalue weighted by atomic mass is 9.96. The van der Waals surface area contributed by atoms with Crippen LogP contribution >= 0.6 is 0 Å². The maximum Gasteiger partial charge on any atom is 0.330 e. The summed E-state index contributed by atoms with van der Waals surface area (Å²) in [6.45, 7) is 0.892. The zero-order chi connectivity index (χ0) is 19.9. The van der Waals surface area contributed by atoms with E-state index < -0.39 is 36.6 Å². The number of carbonyl (C=O) groups excluding carboxylic acids is 1. The minimum atomic E-state index is -1.74. The Labute approximate surface area is 153 Å². The maximum absolute atomic E-state index is 11.4. The second kappa shape index (κ2) is 6.78. The second-order valence-electron chi connectivity index (χ2n) is 6.39. The third-order valence-corrected chi connectivity index (χ3v) is 4.53. The van der Waals surface area contributed by atoms with E-state index in [0.29, 0.717) is 10.9 Å². The van der Waals surface area contributed by atoms with Crippen molar-refractivity contribution in [2.24, 2.45) is 0 Å². The summed E-state index contributed by atoms with van der Waals surface area (Å²) >= 11 is 0. The molecule has 4 atom stereocenters.